The number of carboxylic acids is 6. The van der Waals surface area contributed by atoms with Crippen molar-refractivity contribution in [3.8, 4) is 0 Å². The number of aliphatic carboxylic acids is 6. The molecule has 2 unspecified atom stereocenters. The second kappa shape index (κ2) is 30.0. The van der Waals surface area contributed by atoms with Crippen LogP contribution in [-0.4, -0.2) is 213 Å². The summed E-state index contributed by atoms with van der Waals surface area (Å²) in [5.74, 6) is -7.74. The van der Waals surface area contributed by atoms with Crippen LogP contribution in [0, 0.1) is 3.57 Å². The van der Waals surface area contributed by atoms with Crippen LogP contribution in [-0.2, 0) is 44.9 Å². The Balaban J connectivity index is 1.96. The molecular formula is C40H61IN8O15. The van der Waals surface area contributed by atoms with Crippen LogP contribution in [0.1, 0.15) is 56.9 Å². The SMILES string of the molecule is O=C(O)CCC(NC(=O)NC(CCCCN(Cc1ccc(I)cc1)C(=O)CCCCNC(=O)CN1CCN(CC(=O)O)CCN(CC(=O)O)CCN(CC(=O)O)CC1)C(=O)O)C(=O)O. The lowest BCUT2D eigenvalue weighted by atomic mass is 10.1. The van der Waals surface area contributed by atoms with Gasteiger partial charge in [-0.25, -0.2) is 14.4 Å². The molecule has 0 bridgehead atoms. The van der Waals surface area contributed by atoms with Gasteiger partial charge in [0.25, 0.3) is 0 Å². The van der Waals surface area contributed by atoms with Crippen molar-refractivity contribution in [2.45, 2.75) is 70.0 Å². The highest BCUT2D eigenvalue weighted by atomic mass is 127. The number of carbonyl (C=O) groups excluding carboxylic acids is 3. The second-order valence-electron chi connectivity index (χ2n) is 15.4. The van der Waals surface area contributed by atoms with Crippen molar-refractivity contribution in [1.29, 1.82) is 0 Å². The van der Waals surface area contributed by atoms with E-state index >= 15 is 0 Å². The predicted octanol–water partition coefficient (Wildman–Crippen LogP) is -0.378. The molecule has 1 fully saturated rings. The van der Waals surface area contributed by atoms with Crippen molar-refractivity contribution in [3.63, 3.8) is 0 Å². The highest BCUT2D eigenvalue weighted by Gasteiger charge is 2.26. The van der Waals surface area contributed by atoms with Gasteiger partial charge in [-0.05, 0) is 78.8 Å². The Labute approximate surface area is 384 Å². The summed E-state index contributed by atoms with van der Waals surface area (Å²) in [6, 6.07) is 3.60. The number of hydrogen-bond donors (Lipinski definition) is 9. The van der Waals surface area contributed by atoms with Crippen molar-refractivity contribution in [3.05, 3.63) is 33.4 Å². The van der Waals surface area contributed by atoms with Crippen LogP contribution in [0.3, 0.4) is 0 Å². The molecule has 0 radical (unpaired) electrons. The summed E-state index contributed by atoms with van der Waals surface area (Å²) in [5.41, 5.74) is 0.873. The van der Waals surface area contributed by atoms with Crippen molar-refractivity contribution < 1.29 is 73.8 Å². The zero-order valence-corrected chi connectivity index (χ0v) is 37.9. The van der Waals surface area contributed by atoms with Crippen molar-refractivity contribution >= 4 is 76.3 Å². The van der Waals surface area contributed by atoms with E-state index in [1.54, 1.807) is 19.6 Å². The number of unbranched alkanes of at least 4 members (excludes halogenated alkanes) is 2. The topological polar surface area (TPSA) is 327 Å². The summed E-state index contributed by atoms with van der Waals surface area (Å²) < 4.78 is 1.00. The zero-order chi connectivity index (χ0) is 47.6. The van der Waals surface area contributed by atoms with Gasteiger partial charge in [-0.15, -0.1) is 0 Å². The van der Waals surface area contributed by atoms with Crippen molar-refractivity contribution in [1.82, 2.24) is 40.4 Å². The molecule has 0 aliphatic carbocycles. The smallest absolute Gasteiger partial charge is 0.326 e. The van der Waals surface area contributed by atoms with Gasteiger partial charge in [0.2, 0.25) is 11.8 Å². The van der Waals surface area contributed by atoms with E-state index in [0.29, 0.717) is 19.3 Å². The van der Waals surface area contributed by atoms with Gasteiger partial charge in [0.05, 0.1) is 26.2 Å². The average Bonchev–Trinajstić information content (AvgIpc) is 3.20. The monoisotopic (exact) mass is 1020 g/mol. The molecule has 0 spiro atoms. The van der Waals surface area contributed by atoms with Crippen molar-refractivity contribution in [2.75, 3.05) is 91.6 Å². The first-order valence-electron chi connectivity index (χ1n) is 20.9. The maximum absolute atomic E-state index is 13.5. The van der Waals surface area contributed by atoms with E-state index in [-0.39, 0.29) is 129 Å². The van der Waals surface area contributed by atoms with Crippen LogP contribution in [0.25, 0.3) is 0 Å². The Hall–Kier alpha value is -5.18. The number of hydrogen-bond acceptors (Lipinski definition) is 13. The zero-order valence-electron chi connectivity index (χ0n) is 35.7. The minimum absolute atomic E-state index is 0.0349. The molecule has 9 N–H and O–H groups in total. The molecule has 1 aliphatic heterocycles. The Morgan fingerprint density at radius 1 is 0.562 bits per heavy atom. The summed E-state index contributed by atoms with van der Waals surface area (Å²) in [7, 11) is 0. The molecule has 24 heteroatoms. The van der Waals surface area contributed by atoms with Gasteiger partial charge in [-0.1, -0.05) is 12.1 Å². The number of halogens is 1. The number of nitrogens with zero attached hydrogens (tertiary/aromatic N) is 5. The lowest BCUT2D eigenvalue weighted by Gasteiger charge is -2.32. The van der Waals surface area contributed by atoms with Crippen molar-refractivity contribution in [2.24, 2.45) is 0 Å². The lowest BCUT2D eigenvalue weighted by molar-refractivity contribution is -0.141. The standard InChI is InChI=1S/C40H61IN8O15/c41-29-9-7-28(8-10-29)23-49(14-4-2-5-30(38(60)61)43-40(64)44-31(39(62)63)11-12-34(52)53)33(51)6-1-3-13-42-32(50)24-45-15-17-46(25-35(54)55)19-21-48(27-37(58)59)22-20-47(18-16-45)26-36(56)57/h7-10,30-31H,1-6,11-27H2,(H,42,50)(H,52,53)(H,54,55)(H,56,57)(H,58,59)(H,60,61)(H,62,63)(H2,43,44,64). The molecule has 1 saturated heterocycles. The van der Waals surface area contributed by atoms with Gasteiger partial charge < -0.3 is 51.5 Å². The molecule has 1 heterocycles. The minimum atomic E-state index is -1.54. The molecule has 64 heavy (non-hydrogen) atoms. The number of rotatable bonds is 27. The fourth-order valence-corrected chi connectivity index (χ4v) is 7.08. The van der Waals surface area contributed by atoms with E-state index in [1.807, 2.05) is 29.2 Å². The van der Waals surface area contributed by atoms with Gasteiger partial charge in [0, 0.05) is 88.4 Å². The molecule has 23 nitrogen and oxygen atoms in total. The molecule has 2 rings (SSSR count). The maximum atomic E-state index is 13.5. The van der Waals surface area contributed by atoms with Crippen LogP contribution >= 0.6 is 22.6 Å². The van der Waals surface area contributed by atoms with Crippen LogP contribution < -0.4 is 16.0 Å². The van der Waals surface area contributed by atoms with E-state index < -0.39 is 66.8 Å². The third-order valence-electron chi connectivity index (χ3n) is 10.2. The van der Waals surface area contributed by atoms with E-state index in [0.717, 1.165) is 9.13 Å². The Kier molecular flexibility index (Phi) is 25.8. The van der Waals surface area contributed by atoms with Crippen LogP contribution in [0.2, 0.25) is 0 Å². The first kappa shape index (κ1) is 55.0. The highest BCUT2D eigenvalue weighted by Crippen LogP contribution is 2.14. The summed E-state index contributed by atoms with van der Waals surface area (Å²) in [4.78, 5) is 116. The lowest BCUT2D eigenvalue weighted by Crippen LogP contribution is -2.51. The molecule has 4 amide bonds. The fraction of sp³-hybridized carbons (Fsp3) is 0.625. The minimum Gasteiger partial charge on any atom is -0.481 e. The van der Waals surface area contributed by atoms with Crippen LogP contribution in [0.5, 0.6) is 0 Å². The van der Waals surface area contributed by atoms with Gasteiger partial charge in [-0.3, -0.25) is 48.4 Å². The Morgan fingerprint density at radius 3 is 1.45 bits per heavy atom. The summed E-state index contributed by atoms with van der Waals surface area (Å²) in [5, 5.41) is 63.3. The van der Waals surface area contributed by atoms with Gasteiger partial charge in [0.15, 0.2) is 0 Å². The second-order valence-corrected chi connectivity index (χ2v) is 16.6. The largest absolute Gasteiger partial charge is 0.481 e. The molecule has 0 aromatic heterocycles. The normalized spacial score (nSPS) is 15.6. The number of amides is 4. The number of benzene rings is 1. The number of urea groups is 1. The van der Waals surface area contributed by atoms with E-state index in [9.17, 15) is 68.7 Å². The van der Waals surface area contributed by atoms with E-state index in [2.05, 4.69) is 38.5 Å². The molecule has 1 aliphatic rings. The third-order valence-corrected chi connectivity index (χ3v) is 10.9. The third kappa shape index (κ3) is 24.6. The first-order valence-corrected chi connectivity index (χ1v) is 22.0. The average molecular weight is 1020 g/mol. The number of nitrogens with one attached hydrogen (secondary N) is 3. The number of carbonyl (C=O) groups is 9. The maximum Gasteiger partial charge on any atom is 0.326 e. The Morgan fingerprint density at radius 2 is 1.02 bits per heavy atom. The fourth-order valence-electron chi connectivity index (χ4n) is 6.73. The molecular weight excluding hydrogens is 959 g/mol. The van der Waals surface area contributed by atoms with Crippen LogP contribution in [0.15, 0.2) is 24.3 Å². The van der Waals surface area contributed by atoms with Gasteiger partial charge in [0.1, 0.15) is 12.1 Å². The quantitative estimate of drug-likeness (QED) is 0.0401. The summed E-state index contributed by atoms with van der Waals surface area (Å²) in [6.07, 6.45) is 0.748. The summed E-state index contributed by atoms with van der Waals surface area (Å²) >= 11 is 2.17. The van der Waals surface area contributed by atoms with E-state index in [4.69, 9.17) is 5.11 Å². The Bertz CT molecular complexity index is 1690. The first-order chi connectivity index (χ1) is 30.3. The molecule has 1 aromatic rings. The predicted molar refractivity (Wildman–Crippen MR) is 235 cm³/mol. The molecule has 1 aromatic carbocycles. The van der Waals surface area contributed by atoms with Gasteiger partial charge >= 0.3 is 41.8 Å². The van der Waals surface area contributed by atoms with Gasteiger partial charge in [-0.2, -0.15) is 0 Å². The van der Waals surface area contributed by atoms with E-state index in [1.165, 1.54) is 0 Å². The molecule has 2 atom stereocenters. The molecule has 358 valence electrons. The highest BCUT2D eigenvalue weighted by molar-refractivity contribution is 14.1. The number of carboxylic acid groups (broad SMARTS) is 6. The summed E-state index contributed by atoms with van der Waals surface area (Å²) in [6.45, 7) is 2.02. The molecule has 0 saturated carbocycles. The van der Waals surface area contributed by atoms with Crippen LogP contribution in [0.4, 0.5) is 4.79 Å².